The molecule has 18 nitrogen and oxygen atoms in total. The summed E-state index contributed by atoms with van der Waals surface area (Å²) in [6, 6.07) is 23.4. The number of amides is 2. The van der Waals surface area contributed by atoms with Crippen LogP contribution >= 0.6 is 0 Å². The van der Waals surface area contributed by atoms with Crippen molar-refractivity contribution >= 4 is 12.2 Å². The van der Waals surface area contributed by atoms with Gasteiger partial charge in [0.2, 0.25) is 0 Å². The zero-order chi connectivity index (χ0) is 72.2. The van der Waals surface area contributed by atoms with E-state index >= 15 is 0 Å². The molecule has 0 aromatic heterocycles. The second kappa shape index (κ2) is 30.6. The molecule has 102 heavy (non-hydrogen) atoms. The van der Waals surface area contributed by atoms with E-state index in [1.165, 1.54) is 47.6 Å². The minimum Gasteiger partial charge on any atom is -0.508 e. The van der Waals surface area contributed by atoms with Crippen LogP contribution in [0.15, 0.2) is 72.8 Å². The number of carbonyl (C=O) groups excluding carboxylic acids is 2. The lowest BCUT2D eigenvalue weighted by molar-refractivity contribution is -0.0251. The fourth-order valence-electron chi connectivity index (χ4n) is 24.7. The first kappa shape index (κ1) is 74.6. The number of ether oxygens (including phenoxy) is 4. The molecule has 18 heteroatoms. The molecule has 0 aliphatic heterocycles. The molecule has 12 aliphatic rings. The van der Waals surface area contributed by atoms with Crippen molar-refractivity contribution in [3.05, 3.63) is 117 Å². The van der Waals surface area contributed by atoms with Gasteiger partial charge in [0.25, 0.3) is 0 Å². The summed E-state index contributed by atoms with van der Waals surface area (Å²) in [6.07, 6.45) is 19.8. The molecule has 0 heterocycles. The smallest absolute Gasteiger partial charge is 0.406 e. The Labute approximate surface area is 605 Å². The minimum absolute atomic E-state index is 0.0237. The van der Waals surface area contributed by atoms with Crippen LogP contribution < -0.4 is 21.3 Å². The number of nitrogens with one attached hydrogen (secondary N) is 4. The van der Waals surface area contributed by atoms with Crippen LogP contribution in [0, 0.1) is 69.0 Å². The van der Waals surface area contributed by atoms with Crippen LogP contribution in [0.4, 0.5) is 9.59 Å². The van der Waals surface area contributed by atoms with Gasteiger partial charge in [0.1, 0.15) is 23.0 Å². The molecular weight excluding hydrogens is 1290 g/mol. The van der Waals surface area contributed by atoms with E-state index in [9.17, 15) is 50.4 Å². The van der Waals surface area contributed by atoms with Gasteiger partial charge in [0.15, 0.2) is 0 Å². The van der Waals surface area contributed by atoms with Gasteiger partial charge in [-0.25, -0.2) is 9.59 Å². The van der Waals surface area contributed by atoms with Gasteiger partial charge in [0.05, 0.1) is 52.1 Å². The van der Waals surface area contributed by atoms with Crippen LogP contribution in [0.5, 0.6) is 23.0 Å². The van der Waals surface area contributed by atoms with E-state index in [-0.39, 0.29) is 69.4 Å². The van der Waals surface area contributed by atoms with E-state index in [0.29, 0.717) is 121 Å². The highest BCUT2D eigenvalue weighted by atomic mass is 16.5. The predicted octanol–water partition coefficient (Wildman–Crippen LogP) is 13.7. The Morgan fingerprint density at radius 3 is 0.843 bits per heavy atom. The summed E-state index contributed by atoms with van der Waals surface area (Å²) < 4.78 is 19.8. The number of aliphatic hydroxyl groups is 4. The number of aromatic hydroxyl groups is 4. The molecule has 560 valence electrons. The van der Waals surface area contributed by atoms with Crippen molar-refractivity contribution in [2.45, 2.75) is 228 Å². The fourth-order valence-corrected chi connectivity index (χ4v) is 24.7. The van der Waals surface area contributed by atoms with Crippen molar-refractivity contribution in [2.75, 3.05) is 68.1 Å². The lowest BCUT2D eigenvalue weighted by Gasteiger charge is -2.51. The zero-order valence-electron chi connectivity index (χ0n) is 61.9. The average molecular weight is 1410 g/mol. The van der Waals surface area contributed by atoms with Crippen LogP contribution in [-0.2, 0) is 18.9 Å². The number of methoxy groups -OCH3 is 4. The normalized spacial score (nSPS) is 38.8. The molecule has 4 aromatic rings. The third-order valence-electron chi connectivity index (χ3n) is 30.0. The number of hydrogen-bond donors (Lipinski definition) is 12. The number of benzene rings is 4. The lowest BCUT2D eigenvalue weighted by atomic mass is 9.54. The quantitative estimate of drug-likeness (QED) is 0.0464. The largest absolute Gasteiger partial charge is 0.508 e. The summed E-state index contributed by atoms with van der Waals surface area (Å²) in [5.74, 6) is 9.18. The van der Waals surface area contributed by atoms with E-state index in [1.54, 1.807) is 26.4 Å². The second-order valence-electron chi connectivity index (χ2n) is 34.6. The summed E-state index contributed by atoms with van der Waals surface area (Å²) >= 11 is 0. The maximum Gasteiger partial charge on any atom is 0.406 e. The van der Waals surface area contributed by atoms with E-state index in [4.69, 9.17) is 18.9 Å². The molecular formula is C84H120N4O14. The Morgan fingerprint density at radius 1 is 0.363 bits per heavy atom. The minimum atomic E-state index is -0.418. The molecule has 12 N–H and O–H groups in total. The number of rotatable bonds is 12. The molecule has 0 saturated heterocycles. The van der Waals surface area contributed by atoms with Gasteiger partial charge < -0.3 is 70.4 Å². The first-order valence-corrected chi connectivity index (χ1v) is 39.0. The topological polar surface area (TPSA) is 281 Å². The maximum absolute atomic E-state index is 11.6. The molecule has 0 spiro atoms. The predicted molar refractivity (Wildman–Crippen MR) is 392 cm³/mol. The highest BCUT2D eigenvalue weighted by Gasteiger charge is 2.60. The highest BCUT2D eigenvalue weighted by Crippen LogP contribution is 2.67. The lowest BCUT2D eigenvalue weighted by Crippen LogP contribution is -2.45. The molecule has 2 amide bonds. The van der Waals surface area contributed by atoms with Crippen molar-refractivity contribution in [3.63, 3.8) is 0 Å². The SMILES string of the molecule is COC(=O)NC[C@@H]1C[C@@H]2[C@H](CC[C@]3(C)[C@@H](O)CC[C@@H]23)c2ccc(O)cc21.COC(=O)NC[C@H]1C[C@@H]2[C@H](CC[C@]3(C)[C@@H](O)CC[C@@H]23)c2ccc(O)cc21.COCNC[C@@H]1C[C@@H]2[C@H](CC[C@]3(C)[C@@H](O)CC[C@@H]23)c2ccc(O)cc21.COCNC[C@H]1C[C@@H]2[C@H](CC[C@]3(C)[C@@H](O)CC[C@@H]23)c2ccc(O)cc21. The van der Waals surface area contributed by atoms with Gasteiger partial charge >= 0.3 is 12.2 Å². The summed E-state index contributed by atoms with van der Waals surface area (Å²) in [5.41, 5.74) is 10.7. The fraction of sp³-hybridized carbons (Fsp3) is 0.690. The molecule has 8 saturated carbocycles. The number of phenols is 4. The Kier molecular flexibility index (Phi) is 22.4. The molecule has 0 radical (unpaired) electrons. The molecule has 16 rings (SSSR count). The Morgan fingerprint density at radius 2 is 0.608 bits per heavy atom. The van der Waals surface area contributed by atoms with Crippen molar-refractivity contribution in [1.82, 2.24) is 21.3 Å². The third-order valence-corrected chi connectivity index (χ3v) is 30.0. The second-order valence-corrected chi connectivity index (χ2v) is 34.6. The van der Waals surface area contributed by atoms with Gasteiger partial charge in [-0.15, -0.1) is 0 Å². The molecule has 8 fully saturated rings. The Hall–Kier alpha value is -5.70. The van der Waals surface area contributed by atoms with Crippen LogP contribution in [0.1, 0.15) is 248 Å². The van der Waals surface area contributed by atoms with Crippen LogP contribution in [-0.4, -0.2) is 146 Å². The van der Waals surface area contributed by atoms with Crippen molar-refractivity contribution < 1.29 is 69.4 Å². The van der Waals surface area contributed by atoms with Crippen LogP contribution in [0.25, 0.3) is 0 Å². The average Bonchev–Trinajstić information content (AvgIpc) is 1.43. The van der Waals surface area contributed by atoms with Gasteiger partial charge in [-0.3, -0.25) is 10.6 Å². The van der Waals surface area contributed by atoms with Crippen LogP contribution in [0.2, 0.25) is 0 Å². The number of hydrogen-bond acceptors (Lipinski definition) is 16. The number of carbonyl (C=O) groups is 2. The van der Waals surface area contributed by atoms with Gasteiger partial charge in [-0.1, -0.05) is 52.0 Å². The van der Waals surface area contributed by atoms with Gasteiger partial charge in [0, 0.05) is 52.2 Å². The van der Waals surface area contributed by atoms with E-state index in [0.717, 1.165) is 153 Å². The monoisotopic (exact) mass is 1410 g/mol. The molecule has 0 unspecified atom stereocenters. The first-order valence-electron chi connectivity index (χ1n) is 39.0. The van der Waals surface area contributed by atoms with Gasteiger partial charge in [-0.2, -0.15) is 0 Å². The summed E-state index contributed by atoms with van der Waals surface area (Å²) in [5, 5.41) is 94.8. The Balaban J connectivity index is 0.000000121. The molecule has 12 aliphatic carbocycles. The number of phenolic OH excluding ortho intramolecular Hbond substituents is 4. The van der Waals surface area contributed by atoms with E-state index in [2.05, 4.69) is 73.2 Å². The molecule has 4 aromatic carbocycles. The summed E-state index contributed by atoms with van der Waals surface area (Å²) in [6.45, 7) is 13.0. The van der Waals surface area contributed by atoms with Crippen molar-refractivity contribution in [3.8, 4) is 23.0 Å². The highest BCUT2D eigenvalue weighted by molar-refractivity contribution is 5.67. The van der Waals surface area contributed by atoms with Crippen LogP contribution in [0.3, 0.4) is 0 Å². The standard InChI is InChI=1S/2C21H29NO4.2C21H31NO3/c2*1-21-8-7-15-14-4-3-13(23)10-16(14)12(11-22-20(25)26-2)9-17(15)18(21)5-6-19(21)24;2*1-21-8-7-16-15-4-3-14(23)10-17(15)13(11-22-12-25-2)9-18(16)19(21)5-6-20(21)24/h2*3-4,10,12,15,17-19,23-24H,5-9,11H2,1-2H3,(H,22,25);2*3-4,10,13,16,18-20,22-24H,5-9,11-12H2,1-2H3/t12-,15+,17+,18-,19-,21-;12-,15-,17-,18+,19+,21+;13-,16+,18+,19-,20-,21-;13-,16-,18-,19+,20+,21+/m0101/s1. The maximum atomic E-state index is 11.6. The number of fused-ring (bicyclic) bond motifs is 20. The molecule has 0 bridgehead atoms. The zero-order valence-corrected chi connectivity index (χ0v) is 61.9. The first-order chi connectivity index (χ1) is 49.0. The summed E-state index contributed by atoms with van der Waals surface area (Å²) in [4.78, 5) is 23.2. The van der Waals surface area contributed by atoms with E-state index in [1.807, 2.05) is 36.4 Å². The van der Waals surface area contributed by atoms with Crippen molar-refractivity contribution in [2.24, 2.45) is 69.0 Å². The van der Waals surface area contributed by atoms with E-state index < -0.39 is 12.2 Å². The third kappa shape index (κ3) is 14.0. The number of aliphatic hydroxyl groups excluding tert-OH is 4. The number of alkyl carbamates (subject to hydrolysis) is 2. The summed E-state index contributed by atoms with van der Waals surface area (Å²) in [7, 11) is 6.16. The van der Waals surface area contributed by atoms with Gasteiger partial charge in [-0.05, 0) is 326 Å². The van der Waals surface area contributed by atoms with Crippen molar-refractivity contribution in [1.29, 1.82) is 0 Å². The Bertz CT molecular complexity index is 3360. The molecule has 24 atom stereocenters.